The molecule has 19 heavy (non-hydrogen) atoms. The first-order valence-corrected chi connectivity index (χ1v) is 7.87. The van der Waals surface area contributed by atoms with Crippen LogP contribution in [-0.4, -0.2) is 25.8 Å². The third kappa shape index (κ3) is 3.49. The molecule has 0 aliphatic rings. The van der Waals surface area contributed by atoms with Crippen LogP contribution in [0.2, 0.25) is 10.0 Å². The second-order valence-corrected chi connectivity index (χ2v) is 6.54. The van der Waals surface area contributed by atoms with Gasteiger partial charge in [-0.3, -0.25) is 0 Å². The average Bonchev–Trinajstić information content (AvgIpc) is 2.35. The number of sulfonamides is 1. The van der Waals surface area contributed by atoms with Crippen LogP contribution in [-0.2, 0) is 16.6 Å². The molecule has 0 saturated heterocycles. The predicted molar refractivity (Wildman–Crippen MR) is 79.0 cm³/mol. The van der Waals surface area contributed by atoms with Gasteiger partial charge in [0.1, 0.15) is 4.90 Å². The standard InChI is InChI=1S/C12H16Cl2N2O2S/c1-3-5-16(4-2)19(17,18)12-6-9(8-15)10(13)7-11(12)14/h3,6-7H,1,4-5,8,15H2,2H3. The molecule has 1 rings (SSSR count). The fourth-order valence-corrected chi connectivity index (χ4v) is 3.87. The number of benzene rings is 1. The van der Waals surface area contributed by atoms with Gasteiger partial charge in [-0.05, 0) is 17.7 Å². The van der Waals surface area contributed by atoms with Crippen LogP contribution in [0.15, 0.2) is 29.7 Å². The lowest BCUT2D eigenvalue weighted by molar-refractivity contribution is 0.460. The van der Waals surface area contributed by atoms with Gasteiger partial charge in [0.25, 0.3) is 0 Å². The summed E-state index contributed by atoms with van der Waals surface area (Å²) < 4.78 is 26.2. The highest BCUT2D eigenvalue weighted by Gasteiger charge is 2.25. The molecular weight excluding hydrogens is 307 g/mol. The van der Waals surface area contributed by atoms with Crippen LogP contribution in [0.4, 0.5) is 0 Å². The van der Waals surface area contributed by atoms with Crippen LogP contribution in [0, 0.1) is 0 Å². The lowest BCUT2D eigenvalue weighted by Crippen LogP contribution is -2.31. The molecule has 0 unspecified atom stereocenters. The zero-order valence-electron chi connectivity index (χ0n) is 10.6. The van der Waals surface area contributed by atoms with Crippen molar-refractivity contribution in [1.82, 2.24) is 4.31 Å². The maximum absolute atomic E-state index is 12.5. The molecule has 1 aromatic carbocycles. The Kier molecular flexibility index (Phi) is 5.82. The van der Waals surface area contributed by atoms with E-state index in [9.17, 15) is 8.42 Å². The number of nitrogens with two attached hydrogens (primary N) is 1. The Hall–Kier alpha value is -0.590. The summed E-state index contributed by atoms with van der Waals surface area (Å²) in [6.45, 7) is 5.98. The van der Waals surface area contributed by atoms with Crippen molar-refractivity contribution >= 4 is 33.2 Å². The summed E-state index contributed by atoms with van der Waals surface area (Å²) in [6, 6.07) is 2.83. The molecule has 0 spiro atoms. The monoisotopic (exact) mass is 322 g/mol. The molecule has 0 heterocycles. The van der Waals surface area contributed by atoms with Gasteiger partial charge in [0.05, 0.1) is 5.02 Å². The fourth-order valence-electron chi connectivity index (χ4n) is 1.61. The molecule has 0 aliphatic carbocycles. The maximum atomic E-state index is 12.5. The molecule has 0 aliphatic heterocycles. The van der Waals surface area contributed by atoms with Crippen LogP contribution in [0.25, 0.3) is 0 Å². The second-order valence-electron chi connectivity index (χ2n) is 3.82. The lowest BCUT2D eigenvalue weighted by Gasteiger charge is -2.20. The van der Waals surface area contributed by atoms with Crippen molar-refractivity contribution < 1.29 is 8.42 Å². The van der Waals surface area contributed by atoms with Gasteiger partial charge in [0.2, 0.25) is 10.0 Å². The van der Waals surface area contributed by atoms with E-state index in [0.29, 0.717) is 17.1 Å². The van der Waals surface area contributed by atoms with Crippen molar-refractivity contribution in [3.63, 3.8) is 0 Å². The van der Waals surface area contributed by atoms with E-state index in [2.05, 4.69) is 6.58 Å². The van der Waals surface area contributed by atoms with E-state index < -0.39 is 10.0 Å². The third-order valence-corrected chi connectivity index (χ3v) is 5.38. The zero-order valence-corrected chi connectivity index (χ0v) is 12.9. The Labute approximate surface area is 123 Å². The number of halogens is 2. The van der Waals surface area contributed by atoms with Crippen LogP contribution in [0.5, 0.6) is 0 Å². The number of nitrogens with zero attached hydrogens (tertiary/aromatic N) is 1. The quantitative estimate of drug-likeness (QED) is 0.819. The minimum Gasteiger partial charge on any atom is -0.326 e. The summed E-state index contributed by atoms with van der Waals surface area (Å²) in [5.41, 5.74) is 6.07. The molecule has 0 aromatic heterocycles. The van der Waals surface area contributed by atoms with Gasteiger partial charge in [-0.25, -0.2) is 8.42 Å². The van der Waals surface area contributed by atoms with Crippen molar-refractivity contribution in [2.75, 3.05) is 13.1 Å². The SMILES string of the molecule is C=CCN(CC)S(=O)(=O)c1cc(CN)c(Cl)cc1Cl. The number of hydrogen-bond acceptors (Lipinski definition) is 3. The number of rotatable bonds is 6. The Bertz CT molecular complexity index is 573. The van der Waals surface area contributed by atoms with Crippen LogP contribution in [0.1, 0.15) is 12.5 Å². The minimum atomic E-state index is -3.68. The molecular formula is C12H16Cl2N2O2S. The first-order valence-electron chi connectivity index (χ1n) is 5.67. The Morgan fingerprint density at radius 1 is 1.37 bits per heavy atom. The zero-order chi connectivity index (χ0) is 14.6. The average molecular weight is 323 g/mol. The van der Waals surface area contributed by atoms with Crippen LogP contribution in [0.3, 0.4) is 0 Å². The molecule has 106 valence electrons. The van der Waals surface area contributed by atoms with Crippen molar-refractivity contribution in [3.05, 3.63) is 40.4 Å². The minimum absolute atomic E-state index is 0.0164. The van der Waals surface area contributed by atoms with Gasteiger partial charge in [0.15, 0.2) is 0 Å². The molecule has 0 fully saturated rings. The largest absolute Gasteiger partial charge is 0.326 e. The normalized spacial score (nSPS) is 11.8. The van der Waals surface area contributed by atoms with E-state index in [4.69, 9.17) is 28.9 Å². The van der Waals surface area contributed by atoms with Crippen LogP contribution < -0.4 is 5.73 Å². The summed E-state index contributed by atoms with van der Waals surface area (Å²) in [5.74, 6) is 0. The number of hydrogen-bond donors (Lipinski definition) is 1. The highest BCUT2D eigenvalue weighted by molar-refractivity contribution is 7.89. The van der Waals surface area contributed by atoms with Crippen molar-refractivity contribution in [1.29, 1.82) is 0 Å². The third-order valence-electron chi connectivity index (χ3n) is 2.62. The highest BCUT2D eigenvalue weighted by Crippen LogP contribution is 2.30. The molecule has 7 heteroatoms. The van der Waals surface area contributed by atoms with E-state index in [0.717, 1.165) is 0 Å². The molecule has 0 saturated carbocycles. The molecule has 2 N–H and O–H groups in total. The molecule has 0 bridgehead atoms. The summed E-state index contributed by atoms with van der Waals surface area (Å²) in [5, 5.41) is 0.447. The van der Waals surface area contributed by atoms with Gasteiger partial charge < -0.3 is 5.73 Å². The topological polar surface area (TPSA) is 63.4 Å². The van der Waals surface area contributed by atoms with E-state index >= 15 is 0 Å². The summed E-state index contributed by atoms with van der Waals surface area (Å²) in [7, 11) is -3.68. The van der Waals surface area contributed by atoms with Crippen molar-refractivity contribution in [2.24, 2.45) is 5.73 Å². The molecule has 0 amide bonds. The lowest BCUT2D eigenvalue weighted by atomic mass is 10.2. The molecule has 1 aromatic rings. The van der Waals surface area contributed by atoms with Gasteiger partial charge in [-0.2, -0.15) is 4.31 Å². The van der Waals surface area contributed by atoms with E-state index in [-0.39, 0.29) is 23.0 Å². The molecule has 0 radical (unpaired) electrons. The first-order chi connectivity index (χ1) is 8.88. The van der Waals surface area contributed by atoms with Gasteiger partial charge in [0, 0.05) is 24.7 Å². The fraction of sp³-hybridized carbons (Fsp3) is 0.333. The van der Waals surface area contributed by atoms with E-state index in [1.54, 1.807) is 6.92 Å². The second kappa shape index (κ2) is 6.72. The summed E-state index contributed by atoms with van der Waals surface area (Å²) in [6.07, 6.45) is 1.52. The summed E-state index contributed by atoms with van der Waals surface area (Å²) in [4.78, 5) is 0.0164. The Balaban J connectivity index is 3.39. The van der Waals surface area contributed by atoms with E-state index in [1.165, 1.54) is 22.5 Å². The van der Waals surface area contributed by atoms with Crippen molar-refractivity contribution in [3.8, 4) is 0 Å². The van der Waals surface area contributed by atoms with Gasteiger partial charge in [-0.15, -0.1) is 6.58 Å². The predicted octanol–water partition coefficient (Wildman–Crippen LogP) is 2.65. The first kappa shape index (κ1) is 16.5. The molecule has 0 atom stereocenters. The number of likely N-dealkylation sites (N-methyl/N-ethyl adjacent to an activating group) is 1. The van der Waals surface area contributed by atoms with Gasteiger partial charge >= 0.3 is 0 Å². The molecule has 4 nitrogen and oxygen atoms in total. The van der Waals surface area contributed by atoms with Crippen molar-refractivity contribution in [2.45, 2.75) is 18.4 Å². The highest BCUT2D eigenvalue weighted by atomic mass is 35.5. The smallest absolute Gasteiger partial charge is 0.244 e. The van der Waals surface area contributed by atoms with E-state index in [1.807, 2.05) is 0 Å². The summed E-state index contributed by atoms with van der Waals surface area (Å²) >= 11 is 11.9. The van der Waals surface area contributed by atoms with Crippen LogP contribution >= 0.6 is 23.2 Å². The van der Waals surface area contributed by atoms with Gasteiger partial charge in [-0.1, -0.05) is 36.2 Å². The Morgan fingerprint density at radius 2 is 2.00 bits per heavy atom. The Morgan fingerprint density at radius 3 is 2.47 bits per heavy atom. The maximum Gasteiger partial charge on any atom is 0.244 e.